The van der Waals surface area contributed by atoms with Crippen LogP contribution in [0.3, 0.4) is 0 Å². The molecule has 0 aliphatic heterocycles. The summed E-state index contributed by atoms with van der Waals surface area (Å²) in [6.45, 7) is -0.333. The van der Waals surface area contributed by atoms with Gasteiger partial charge >= 0.3 is 12.1 Å². The largest absolute Gasteiger partial charge is 0.480 e. The van der Waals surface area contributed by atoms with Crippen molar-refractivity contribution in [3.8, 4) is 0 Å². The van der Waals surface area contributed by atoms with Crippen molar-refractivity contribution in [3.63, 3.8) is 0 Å². The molecule has 116 valence electrons. The van der Waals surface area contributed by atoms with E-state index in [-0.39, 0.29) is 0 Å². The zero-order valence-electron chi connectivity index (χ0n) is 10.8. The minimum Gasteiger partial charge on any atom is -0.480 e. The molecule has 9 heteroatoms. The summed E-state index contributed by atoms with van der Waals surface area (Å²) in [7, 11) is 0. The highest BCUT2D eigenvalue weighted by Crippen LogP contribution is 2.30. The molecule has 0 radical (unpaired) electrons. The number of carboxylic acid groups (broad SMARTS) is 1. The zero-order chi connectivity index (χ0) is 16.3. The van der Waals surface area contributed by atoms with Crippen LogP contribution in [0.5, 0.6) is 0 Å². The Morgan fingerprint density at radius 3 is 2.19 bits per heavy atom. The zero-order valence-corrected chi connectivity index (χ0v) is 12.4. The van der Waals surface area contributed by atoms with Gasteiger partial charge in [0.25, 0.3) is 0 Å². The Labute approximate surface area is 126 Å². The summed E-state index contributed by atoms with van der Waals surface area (Å²) in [6.07, 6.45) is -5.03. The van der Waals surface area contributed by atoms with Gasteiger partial charge in [0.2, 0.25) is 11.4 Å². The van der Waals surface area contributed by atoms with Crippen molar-refractivity contribution in [2.45, 2.75) is 18.6 Å². The second kappa shape index (κ2) is 6.44. The van der Waals surface area contributed by atoms with Crippen LogP contribution in [-0.4, -0.2) is 35.2 Å². The van der Waals surface area contributed by atoms with Crippen LogP contribution in [0.15, 0.2) is 28.7 Å². The molecule has 1 aromatic rings. The van der Waals surface area contributed by atoms with E-state index in [1.54, 1.807) is 29.6 Å². The molecule has 0 aliphatic carbocycles. The molecule has 5 nitrogen and oxygen atoms in total. The summed E-state index contributed by atoms with van der Waals surface area (Å²) in [6, 6.07) is 6.37. The van der Waals surface area contributed by atoms with Gasteiger partial charge in [0.05, 0.1) is 6.54 Å². The maximum Gasteiger partial charge on any atom is 0.417 e. The number of carbonyl (C=O) groups excluding carboxylic acids is 1. The van der Waals surface area contributed by atoms with Gasteiger partial charge in [0.1, 0.15) is 0 Å². The number of benzene rings is 1. The number of rotatable bonds is 5. The van der Waals surface area contributed by atoms with Crippen LogP contribution in [0.1, 0.15) is 6.92 Å². The van der Waals surface area contributed by atoms with Crippen LogP contribution in [0.4, 0.5) is 18.9 Å². The maximum atomic E-state index is 12.7. The van der Waals surface area contributed by atoms with E-state index < -0.39 is 30.1 Å². The van der Waals surface area contributed by atoms with E-state index in [0.29, 0.717) is 12.6 Å². The smallest absolute Gasteiger partial charge is 0.417 e. The van der Waals surface area contributed by atoms with Gasteiger partial charge in [0.15, 0.2) is 0 Å². The Balaban J connectivity index is 2.67. The molecular weight excluding hydrogens is 357 g/mol. The highest BCUT2D eigenvalue weighted by molar-refractivity contribution is 9.10. The first-order valence-electron chi connectivity index (χ1n) is 5.67. The lowest BCUT2D eigenvalue weighted by atomic mass is 10.0. The molecule has 3 N–H and O–H groups in total. The quantitative estimate of drug-likeness (QED) is 0.745. The van der Waals surface area contributed by atoms with Crippen LogP contribution in [-0.2, 0) is 9.59 Å². The lowest BCUT2D eigenvalue weighted by Gasteiger charge is -2.28. The van der Waals surface area contributed by atoms with E-state index in [1.165, 1.54) is 0 Å². The lowest BCUT2D eigenvalue weighted by molar-refractivity contribution is -0.205. The Kier molecular flexibility index (Phi) is 5.35. The van der Waals surface area contributed by atoms with E-state index in [4.69, 9.17) is 5.11 Å². The second-order valence-corrected chi connectivity index (χ2v) is 5.25. The maximum absolute atomic E-state index is 12.7. The fourth-order valence-electron chi connectivity index (χ4n) is 1.29. The summed E-state index contributed by atoms with van der Waals surface area (Å²) in [5.74, 6) is -2.89. The van der Waals surface area contributed by atoms with Crippen molar-refractivity contribution < 1.29 is 27.9 Å². The van der Waals surface area contributed by atoms with Gasteiger partial charge in [-0.15, -0.1) is 0 Å². The van der Waals surface area contributed by atoms with Crippen LogP contribution in [0, 0.1) is 0 Å². The number of aliphatic carboxylic acids is 1. The fraction of sp³-hybridized carbons (Fsp3) is 0.333. The van der Waals surface area contributed by atoms with Gasteiger partial charge in [-0.3, -0.25) is 10.1 Å². The van der Waals surface area contributed by atoms with Crippen LogP contribution in [0.2, 0.25) is 0 Å². The minimum absolute atomic E-state index is 0.383. The number of hydrogen-bond acceptors (Lipinski definition) is 3. The first-order valence-corrected chi connectivity index (χ1v) is 6.46. The second-order valence-electron chi connectivity index (χ2n) is 4.34. The highest BCUT2D eigenvalue weighted by Gasteiger charge is 2.57. The van der Waals surface area contributed by atoms with Crippen molar-refractivity contribution in [1.29, 1.82) is 0 Å². The van der Waals surface area contributed by atoms with Gasteiger partial charge in [-0.05, 0) is 31.2 Å². The number of amides is 1. The number of carboxylic acids is 1. The third-order valence-electron chi connectivity index (χ3n) is 2.73. The van der Waals surface area contributed by atoms with Gasteiger partial charge in [-0.2, -0.15) is 13.2 Å². The molecule has 0 saturated carbocycles. The third kappa shape index (κ3) is 4.43. The van der Waals surface area contributed by atoms with Crippen molar-refractivity contribution >= 4 is 33.5 Å². The Morgan fingerprint density at radius 1 is 1.24 bits per heavy atom. The monoisotopic (exact) mass is 368 g/mol. The summed E-state index contributed by atoms with van der Waals surface area (Å²) in [5.41, 5.74) is -2.81. The summed E-state index contributed by atoms with van der Waals surface area (Å²) in [4.78, 5) is 22.3. The normalized spacial score (nSPS) is 14.3. The number of carbonyl (C=O) groups is 2. The topological polar surface area (TPSA) is 78.4 Å². The van der Waals surface area contributed by atoms with E-state index in [9.17, 15) is 22.8 Å². The van der Waals surface area contributed by atoms with Crippen molar-refractivity contribution in [3.05, 3.63) is 28.7 Å². The molecule has 0 bridgehead atoms. The molecule has 1 rings (SSSR count). The molecule has 0 aromatic heterocycles. The minimum atomic E-state index is -5.03. The molecule has 1 aromatic carbocycles. The van der Waals surface area contributed by atoms with Gasteiger partial charge in [-0.1, -0.05) is 15.9 Å². The molecule has 0 heterocycles. The molecule has 0 aliphatic rings. The third-order valence-corrected chi connectivity index (χ3v) is 3.25. The molecule has 1 unspecified atom stereocenters. The first kappa shape index (κ1) is 17.4. The van der Waals surface area contributed by atoms with Crippen LogP contribution < -0.4 is 10.6 Å². The average molecular weight is 369 g/mol. The Hall–Kier alpha value is -1.61. The van der Waals surface area contributed by atoms with Crippen LogP contribution >= 0.6 is 15.9 Å². The van der Waals surface area contributed by atoms with Crippen LogP contribution in [0.25, 0.3) is 0 Å². The summed E-state index contributed by atoms with van der Waals surface area (Å²) >= 11 is 3.19. The van der Waals surface area contributed by atoms with Crippen molar-refractivity contribution in [2.24, 2.45) is 0 Å². The standard InChI is InChI=1S/C12H12BrF3N2O3/c1-11(10(20)21,12(14,15)16)17-6-9(19)18-8-4-2-7(13)3-5-8/h2-5,17H,6H2,1H3,(H,18,19)(H,20,21). The Bertz CT molecular complexity index is 534. The average Bonchev–Trinajstić information content (AvgIpc) is 2.37. The molecule has 21 heavy (non-hydrogen) atoms. The summed E-state index contributed by atoms with van der Waals surface area (Å²) in [5, 5.41) is 12.8. The molecular formula is C12H12BrF3N2O3. The number of hydrogen-bond donors (Lipinski definition) is 3. The van der Waals surface area contributed by atoms with E-state index in [1.807, 2.05) is 0 Å². The number of alkyl halides is 3. The van der Waals surface area contributed by atoms with Crippen molar-refractivity contribution in [2.75, 3.05) is 11.9 Å². The predicted octanol–water partition coefficient (Wildman–Crippen LogP) is 2.38. The number of nitrogens with one attached hydrogen (secondary N) is 2. The van der Waals surface area contributed by atoms with Gasteiger partial charge < -0.3 is 10.4 Å². The molecule has 0 fully saturated rings. The molecule has 1 atom stereocenters. The molecule has 1 amide bonds. The van der Waals surface area contributed by atoms with Crippen molar-refractivity contribution in [1.82, 2.24) is 5.32 Å². The molecule has 0 spiro atoms. The fourth-order valence-corrected chi connectivity index (χ4v) is 1.56. The predicted molar refractivity (Wildman–Crippen MR) is 72.9 cm³/mol. The Morgan fingerprint density at radius 2 is 1.76 bits per heavy atom. The van der Waals surface area contributed by atoms with E-state index >= 15 is 0 Å². The van der Waals surface area contributed by atoms with Gasteiger partial charge in [-0.25, -0.2) is 4.79 Å². The number of halogens is 4. The highest BCUT2D eigenvalue weighted by atomic mass is 79.9. The lowest BCUT2D eigenvalue weighted by Crippen LogP contribution is -2.61. The summed E-state index contributed by atoms with van der Waals surface area (Å²) < 4.78 is 38.9. The number of anilines is 1. The molecule has 0 saturated heterocycles. The van der Waals surface area contributed by atoms with E-state index in [0.717, 1.165) is 4.47 Å². The van der Waals surface area contributed by atoms with Gasteiger partial charge in [0, 0.05) is 10.2 Å². The van der Waals surface area contributed by atoms with E-state index in [2.05, 4.69) is 21.2 Å². The first-order chi connectivity index (χ1) is 9.56. The SMILES string of the molecule is CC(NCC(=O)Nc1ccc(Br)cc1)(C(=O)O)C(F)(F)F.